The average Bonchev–Trinajstić information content (AvgIpc) is 3.23. The summed E-state index contributed by atoms with van der Waals surface area (Å²) in [5.74, 6) is -3.07. The molecule has 0 saturated carbocycles. The van der Waals surface area contributed by atoms with Gasteiger partial charge in [0.25, 0.3) is 5.91 Å². The van der Waals surface area contributed by atoms with E-state index in [0.29, 0.717) is 19.6 Å². The molecule has 5 amide bonds. The fourth-order valence-electron chi connectivity index (χ4n) is 5.48. The molecule has 0 aromatic heterocycles. The summed E-state index contributed by atoms with van der Waals surface area (Å²) in [4.78, 5) is 87.3. The van der Waals surface area contributed by atoms with Crippen molar-refractivity contribution in [2.24, 2.45) is 22.7 Å². The van der Waals surface area contributed by atoms with Gasteiger partial charge in [0, 0.05) is 34.0 Å². The zero-order chi connectivity index (χ0) is 49.5. The Bertz CT molecular complexity index is 1460. The Balaban J connectivity index is -0.00000140. The molecule has 0 radical (unpaired) electrons. The van der Waals surface area contributed by atoms with Crippen LogP contribution in [0.5, 0.6) is 0 Å². The van der Waals surface area contributed by atoms with E-state index in [1.165, 1.54) is 11.8 Å². The summed E-state index contributed by atoms with van der Waals surface area (Å²) in [5.41, 5.74) is 0.502. The van der Waals surface area contributed by atoms with Crippen molar-refractivity contribution in [2.75, 3.05) is 47.4 Å². The number of carbonyl (C=O) groups excluding carboxylic acids is 7. The molecule has 3 unspecified atom stereocenters. The monoisotopic (exact) mass is 899 g/mol. The summed E-state index contributed by atoms with van der Waals surface area (Å²) >= 11 is 0. The number of nitrogens with zero attached hydrogens (tertiary/aromatic N) is 2. The van der Waals surface area contributed by atoms with Crippen molar-refractivity contribution in [3.05, 3.63) is 36.5 Å². The smallest absolute Gasteiger partial charge is 0.407 e. The lowest BCUT2D eigenvalue weighted by Gasteiger charge is -2.40. The third-order valence-electron chi connectivity index (χ3n) is 10.9. The average molecular weight is 899 g/mol. The molecule has 16 heteroatoms. The molecule has 0 heterocycles. The van der Waals surface area contributed by atoms with Gasteiger partial charge in [0.15, 0.2) is 0 Å². The number of allylic oxidation sites excluding steroid dienone is 3. The molecule has 0 aliphatic heterocycles. The second-order valence-corrected chi connectivity index (χ2v) is 17.4. The highest BCUT2D eigenvalue weighted by molar-refractivity contribution is 6.38. The normalized spacial score (nSPS) is 13.6. The van der Waals surface area contributed by atoms with Gasteiger partial charge in [-0.25, -0.2) is 13.6 Å². The van der Waals surface area contributed by atoms with Crippen molar-refractivity contribution in [1.82, 2.24) is 31.1 Å². The Labute approximate surface area is 378 Å². The maximum absolute atomic E-state index is 13.7. The van der Waals surface area contributed by atoms with Crippen LogP contribution in [-0.4, -0.2) is 124 Å². The van der Waals surface area contributed by atoms with E-state index in [1.807, 2.05) is 85.6 Å². The molecule has 0 aromatic carbocycles. The highest BCUT2D eigenvalue weighted by Crippen LogP contribution is 2.35. The number of amides is 5. The summed E-state index contributed by atoms with van der Waals surface area (Å²) in [5, 5.41) is 10.1. The quantitative estimate of drug-likeness (QED) is 0.0291. The van der Waals surface area contributed by atoms with E-state index in [1.54, 1.807) is 20.2 Å². The maximum Gasteiger partial charge on any atom is 0.407 e. The summed E-state index contributed by atoms with van der Waals surface area (Å²) in [6, 6.07) is -2.57. The van der Waals surface area contributed by atoms with Gasteiger partial charge in [0.1, 0.15) is 6.29 Å². The predicted octanol–water partition coefficient (Wildman–Crippen LogP) is 7.04. The molecular weight excluding hydrogens is 815 g/mol. The third-order valence-corrected chi connectivity index (χ3v) is 10.9. The number of carbonyl (C=O) groups is 7. The first-order valence-electron chi connectivity index (χ1n) is 22.1. The maximum atomic E-state index is 13.7. The highest BCUT2D eigenvalue weighted by atomic mass is 19.3. The number of nitrogens with one attached hydrogen (secondary N) is 4. The molecule has 0 saturated heterocycles. The van der Waals surface area contributed by atoms with E-state index in [0.717, 1.165) is 37.5 Å². The van der Waals surface area contributed by atoms with Gasteiger partial charge in [-0.2, -0.15) is 0 Å². The lowest BCUT2D eigenvalue weighted by Crippen LogP contribution is -2.56. The molecule has 4 N–H and O–H groups in total. The number of aldehydes is 1. The summed E-state index contributed by atoms with van der Waals surface area (Å²) in [7, 11) is 5.26. The van der Waals surface area contributed by atoms with Crippen LogP contribution < -0.4 is 21.3 Å². The number of alkyl halides is 2. The van der Waals surface area contributed by atoms with Crippen molar-refractivity contribution in [3.63, 3.8) is 0 Å². The molecular formula is C47H84F2N6O8. The second kappa shape index (κ2) is 34.0. The molecule has 0 rings (SSSR count). The van der Waals surface area contributed by atoms with Gasteiger partial charge < -0.3 is 35.7 Å². The number of alkyl carbamates (subject to hydrolysis) is 1. The molecule has 364 valence electrons. The van der Waals surface area contributed by atoms with Gasteiger partial charge in [-0.15, -0.1) is 0 Å². The molecule has 63 heavy (non-hydrogen) atoms. The lowest BCUT2D eigenvalue weighted by molar-refractivity contribution is -0.141. The molecule has 14 nitrogen and oxygen atoms in total. The van der Waals surface area contributed by atoms with Crippen LogP contribution in [0.15, 0.2) is 36.5 Å². The minimum Gasteiger partial charge on any atom is -0.450 e. The Morgan fingerprint density at radius 1 is 0.873 bits per heavy atom. The fourth-order valence-corrected chi connectivity index (χ4v) is 5.48. The standard InChI is InChI=1S/C32H54F2N4O4.C11H21NO3.C4H9NO/c1-10-14-15-16-23(11-2)20-35-27(39)21-36-31(42)29(40)25(17-18-26(33)34)37-30(41)28(38(9)13-4)24(22(5)6)19-32(7,8)12-3;1-5-7-15-10(14)12-9(8-13)11(3,4)6-2;1-4(6)5(2)3/h10-11,14,16,22,24-26,28H,2,12-13,15,17-21H2,1,3-9H3,(H,35,39)(H,36,42)(H,37,41);8-9H,5-7H2,1-4H3,(H,12,14);1-3H3/b14-10-,23-16?;;/t24-,25?,28?;;/m0../s1. The number of ketones is 1. The highest BCUT2D eigenvalue weighted by Gasteiger charge is 2.39. The van der Waals surface area contributed by atoms with Crippen LogP contribution in [0.1, 0.15) is 128 Å². The number of rotatable bonds is 27. The number of halogens is 2. The SMILES string of the molecule is C=CC(=CC/C=C\C)CNC(=O)CNC(=O)C(=O)C(CCC(F)F)NC(=O)C([C@@H](CC(C)(C)CC)C(C)C)N(C)CC.CC(=O)N(C)C.CCCOC(=O)NC(C=O)C(C)(C)CC. The largest absolute Gasteiger partial charge is 0.450 e. The summed E-state index contributed by atoms with van der Waals surface area (Å²) < 4.78 is 31.1. The minimum absolute atomic E-state index is 0.0395. The zero-order valence-electron chi connectivity index (χ0n) is 41.3. The molecule has 0 fully saturated rings. The van der Waals surface area contributed by atoms with E-state index >= 15 is 0 Å². The predicted molar refractivity (Wildman–Crippen MR) is 248 cm³/mol. The zero-order valence-corrected chi connectivity index (χ0v) is 41.3. The van der Waals surface area contributed by atoms with E-state index in [9.17, 15) is 42.3 Å². The lowest BCUT2D eigenvalue weighted by atomic mass is 9.73. The molecule has 0 aromatic rings. The Morgan fingerprint density at radius 2 is 1.46 bits per heavy atom. The van der Waals surface area contributed by atoms with Crippen LogP contribution in [0.3, 0.4) is 0 Å². The number of likely N-dealkylation sites (N-methyl/N-ethyl adjacent to an activating group) is 1. The van der Waals surface area contributed by atoms with Crippen molar-refractivity contribution in [1.29, 1.82) is 0 Å². The first kappa shape index (κ1) is 62.8. The summed E-state index contributed by atoms with van der Waals surface area (Å²) in [6.45, 7) is 27.9. The molecule has 4 atom stereocenters. The topological polar surface area (TPSA) is 183 Å². The van der Waals surface area contributed by atoms with E-state index in [-0.39, 0.29) is 35.1 Å². The van der Waals surface area contributed by atoms with Gasteiger partial charge in [0.2, 0.25) is 29.9 Å². The van der Waals surface area contributed by atoms with E-state index < -0.39 is 73.5 Å². The van der Waals surface area contributed by atoms with Crippen molar-refractivity contribution in [2.45, 2.75) is 153 Å². The van der Waals surface area contributed by atoms with Crippen LogP contribution in [0.4, 0.5) is 13.6 Å². The molecule has 0 spiro atoms. The van der Waals surface area contributed by atoms with Gasteiger partial charge in [-0.1, -0.05) is 107 Å². The van der Waals surface area contributed by atoms with E-state index in [4.69, 9.17) is 4.74 Å². The Morgan fingerprint density at radius 3 is 1.89 bits per heavy atom. The Kier molecular flexibility index (Phi) is 33.9. The van der Waals surface area contributed by atoms with Crippen LogP contribution in [0, 0.1) is 22.7 Å². The van der Waals surface area contributed by atoms with Crippen molar-refractivity contribution in [3.8, 4) is 0 Å². The van der Waals surface area contributed by atoms with Crippen molar-refractivity contribution < 1.29 is 47.1 Å². The summed E-state index contributed by atoms with van der Waals surface area (Å²) in [6.07, 6.45) is 7.71. The first-order valence-corrected chi connectivity index (χ1v) is 22.1. The number of hydrogen-bond acceptors (Lipinski definition) is 9. The van der Waals surface area contributed by atoms with Crippen LogP contribution in [0.25, 0.3) is 0 Å². The van der Waals surface area contributed by atoms with Gasteiger partial charge in [-0.3, -0.25) is 28.9 Å². The number of ether oxygens (including phenoxy) is 1. The van der Waals surface area contributed by atoms with Crippen LogP contribution in [-0.2, 0) is 33.5 Å². The fraction of sp³-hybridized carbons (Fsp3) is 0.723. The van der Waals surface area contributed by atoms with Gasteiger partial charge in [0.05, 0.1) is 31.3 Å². The van der Waals surface area contributed by atoms with Crippen LogP contribution in [0.2, 0.25) is 0 Å². The van der Waals surface area contributed by atoms with Crippen LogP contribution >= 0.6 is 0 Å². The Hall–Kier alpha value is -4.47. The molecule has 0 bridgehead atoms. The van der Waals surface area contributed by atoms with Crippen molar-refractivity contribution >= 4 is 41.8 Å². The van der Waals surface area contributed by atoms with E-state index in [2.05, 4.69) is 48.6 Å². The third kappa shape index (κ3) is 28.8. The molecule has 0 aliphatic carbocycles. The number of Topliss-reactive ketones (excluding diaryl/α,β-unsaturated/α-hetero) is 1. The second-order valence-electron chi connectivity index (χ2n) is 17.4. The molecule has 0 aliphatic rings. The minimum atomic E-state index is -2.71. The van der Waals surface area contributed by atoms with Gasteiger partial charge in [-0.05, 0) is 80.9 Å². The first-order chi connectivity index (χ1) is 29.2. The number of hydrogen-bond donors (Lipinski definition) is 4. The van der Waals surface area contributed by atoms with Gasteiger partial charge >= 0.3 is 6.09 Å².